The van der Waals surface area contributed by atoms with E-state index in [1.807, 2.05) is 10.7 Å². The molecule has 4 nitrogen and oxygen atoms in total. The van der Waals surface area contributed by atoms with Crippen LogP contribution in [0, 0.1) is 17.8 Å². The van der Waals surface area contributed by atoms with Gasteiger partial charge in [0.2, 0.25) is 0 Å². The molecule has 0 atom stereocenters. The summed E-state index contributed by atoms with van der Waals surface area (Å²) in [7, 11) is 0. The number of rotatable bonds is 2. The topological polar surface area (TPSA) is 34.1 Å². The Balaban J connectivity index is 1.49. The Labute approximate surface area is 145 Å². The predicted molar refractivity (Wildman–Crippen MR) is 92.2 cm³/mol. The highest BCUT2D eigenvalue weighted by Gasteiger charge is 2.54. The van der Waals surface area contributed by atoms with E-state index in [1.54, 1.807) is 11.3 Å². The fourth-order valence-corrected chi connectivity index (χ4v) is 7.20. The number of hydrogen-bond acceptors (Lipinski definition) is 3. The molecule has 1 aromatic carbocycles. The molecule has 24 heavy (non-hydrogen) atoms. The first-order valence-corrected chi connectivity index (χ1v) is 10.00. The minimum absolute atomic E-state index is 0.370. The zero-order valence-electron chi connectivity index (χ0n) is 13.6. The van der Waals surface area contributed by atoms with E-state index in [1.165, 1.54) is 44.2 Å². The van der Waals surface area contributed by atoms with Crippen molar-refractivity contribution in [1.82, 2.24) is 14.9 Å². The van der Waals surface area contributed by atoms with Gasteiger partial charge in [-0.2, -0.15) is 0 Å². The van der Waals surface area contributed by atoms with E-state index in [4.69, 9.17) is 0 Å². The Kier molecular flexibility index (Phi) is 2.63. The van der Waals surface area contributed by atoms with Crippen molar-refractivity contribution in [3.05, 3.63) is 41.4 Å². The molecule has 122 valence electrons. The van der Waals surface area contributed by atoms with Gasteiger partial charge in [0.15, 0.2) is 5.21 Å². The third kappa shape index (κ3) is 1.76. The molecule has 7 rings (SSSR count). The van der Waals surface area contributed by atoms with Crippen LogP contribution in [-0.4, -0.2) is 14.9 Å². The number of para-hydroxylation sites is 1. The van der Waals surface area contributed by atoms with Gasteiger partial charge < -0.3 is 0 Å². The lowest BCUT2D eigenvalue weighted by atomic mass is 9.49. The molecule has 3 aromatic rings. The first-order chi connectivity index (χ1) is 11.8. The minimum atomic E-state index is 0.370. The first kappa shape index (κ1) is 13.5. The summed E-state index contributed by atoms with van der Waals surface area (Å²) in [5, 5.41) is 11.4. The number of tetrazole rings is 1. The van der Waals surface area contributed by atoms with Crippen LogP contribution in [0.4, 0.5) is 0 Å². The van der Waals surface area contributed by atoms with Crippen LogP contribution in [-0.2, 0) is 5.41 Å². The van der Waals surface area contributed by atoms with Gasteiger partial charge in [0.1, 0.15) is 16.6 Å². The molecule has 0 amide bonds. The van der Waals surface area contributed by atoms with Gasteiger partial charge in [-0.15, -0.1) is 0 Å². The maximum atomic E-state index is 4.55. The molecule has 4 aliphatic carbocycles. The lowest BCUT2D eigenvalue weighted by Gasteiger charge is -2.55. The van der Waals surface area contributed by atoms with Crippen LogP contribution in [0.5, 0.6) is 0 Å². The monoisotopic (exact) mass is 337 g/mol. The fourth-order valence-electron chi connectivity index (χ4n) is 6.16. The Bertz CT molecular complexity index is 875. The van der Waals surface area contributed by atoms with Gasteiger partial charge in [-0.1, -0.05) is 34.2 Å². The van der Waals surface area contributed by atoms with Gasteiger partial charge in [0.25, 0.3) is 0 Å². The quantitative estimate of drug-likeness (QED) is 0.670. The van der Waals surface area contributed by atoms with Crippen LogP contribution in [0.1, 0.15) is 44.2 Å². The summed E-state index contributed by atoms with van der Waals surface area (Å²) < 4.78 is 4.12. The average molecular weight is 337 g/mol. The van der Waals surface area contributed by atoms with Gasteiger partial charge in [-0.25, -0.2) is 0 Å². The molecule has 0 unspecified atom stereocenters. The number of aromatic nitrogens is 4. The Morgan fingerprint density at radius 2 is 1.67 bits per heavy atom. The maximum Gasteiger partial charge on any atom is 0.350 e. The fraction of sp³-hybridized carbons (Fsp3) is 0.526. The van der Waals surface area contributed by atoms with Crippen molar-refractivity contribution in [1.29, 1.82) is 0 Å². The molecule has 4 saturated carbocycles. The summed E-state index contributed by atoms with van der Waals surface area (Å²) in [6, 6.07) is 10.3. The lowest BCUT2D eigenvalue weighted by Crippen LogP contribution is -2.49. The number of benzene rings is 1. The van der Waals surface area contributed by atoms with Crippen molar-refractivity contribution in [3.8, 4) is 5.69 Å². The van der Waals surface area contributed by atoms with Crippen molar-refractivity contribution in [2.75, 3.05) is 0 Å². The predicted octanol–water partition coefficient (Wildman–Crippen LogP) is 3.54. The highest BCUT2D eigenvalue weighted by atomic mass is 32.1. The average Bonchev–Trinajstić information content (AvgIpc) is 3.16. The summed E-state index contributed by atoms with van der Waals surface area (Å²) in [5.74, 6) is 2.86. The summed E-state index contributed by atoms with van der Waals surface area (Å²) in [6.07, 6.45) is 8.55. The zero-order valence-corrected chi connectivity index (χ0v) is 14.5. The van der Waals surface area contributed by atoms with Gasteiger partial charge in [0.05, 0.1) is 0 Å². The lowest BCUT2D eigenvalue weighted by molar-refractivity contribution is -0.633. The SMILES string of the molecule is c1ccc(-[n+]2nnn3c(C45CC6CC(CC(C6)C4)C5)csc32)cc1. The second-order valence-electron chi connectivity index (χ2n) is 8.24. The van der Waals surface area contributed by atoms with Crippen LogP contribution in [0.25, 0.3) is 10.6 Å². The standard InChI is InChI=1S/C19H21N4S/c1-2-4-16(5-3-1)22-18-23(21-20-22)17(12-24-18)19-9-13-6-14(10-19)8-15(7-13)11-19/h1-5,12-15H,6-11H2/q+1. The largest absolute Gasteiger partial charge is 0.350 e. The minimum Gasteiger partial charge on any atom is -0.0884 e. The number of thiazole rings is 1. The highest BCUT2D eigenvalue weighted by Crippen LogP contribution is 2.60. The van der Waals surface area contributed by atoms with E-state index < -0.39 is 0 Å². The number of nitrogens with zero attached hydrogens (tertiary/aromatic N) is 4. The molecule has 2 heterocycles. The van der Waals surface area contributed by atoms with Gasteiger partial charge in [-0.05, 0) is 72.9 Å². The van der Waals surface area contributed by atoms with Gasteiger partial charge >= 0.3 is 4.96 Å². The van der Waals surface area contributed by atoms with Crippen LogP contribution >= 0.6 is 11.3 Å². The second-order valence-corrected chi connectivity index (χ2v) is 9.08. The number of hydrogen-bond donors (Lipinski definition) is 0. The van der Waals surface area contributed by atoms with Gasteiger partial charge in [-0.3, -0.25) is 0 Å². The maximum absolute atomic E-state index is 4.55. The molecule has 5 heteroatoms. The van der Waals surface area contributed by atoms with E-state index in [0.29, 0.717) is 5.41 Å². The van der Waals surface area contributed by atoms with Crippen molar-refractivity contribution < 1.29 is 4.68 Å². The summed E-state index contributed by atoms with van der Waals surface area (Å²) in [4.78, 5) is 1.13. The van der Waals surface area contributed by atoms with E-state index >= 15 is 0 Å². The Morgan fingerprint density at radius 3 is 2.33 bits per heavy atom. The van der Waals surface area contributed by atoms with Crippen molar-refractivity contribution >= 4 is 16.3 Å². The third-order valence-corrected chi connectivity index (χ3v) is 7.57. The van der Waals surface area contributed by atoms with Gasteiger partial charge in [0, 0.05) is 10.8 Å². The molecular formula is C19H21N4S+. The van der Waals surface area contributed by atoms with E-state index in [0.717, 1.165) is 28.4 Å². The summed E-state index contributed by atoms with van der Waals surface area (Å²) >= 11 is 1.79. The van der Waals surface area contributed by atoms with E-state index in [2.05, 4.69) is 44.6 Å². The Morgan fingerprint density at radius 1 is 1.00 bits per heavy atom. The van der Waals surface area contributed by atoms with Crippen molar-refractivity contribution in [2.45, 2.75) is 43.9 Å². The second kappa shape index (κ2) is 4.66. The molecular weight excluding hydrogens is 316 g/mol. The summed E-state index contributed by atoms with van der Waals surface area (Å²) in [5.41, 5.74) is 2.89. The molecule has 4 bridgehead atoms. The molecule has 0 aliphatic heterocycles. The molecule has 0 N–H and O–H groups in total. The molecule has 0 radical (unpaired) electrons. The third-order valence-electron chi connectivity index (χ3n) is 6.67. The van der Waals surface area contributed by atoms with Crippen LogP contribution < -0.4 is 4.68 Å². The van der Waals surface area contributed by atoms with Crippen molar-refractivity contribution in [2.24, 2.45) is 17.8 Å². The van der Waals surface area contributed by atoms with Crippen molar-refractivity contribution in [3.63, 3.8) is 0 Å². The van der Waals surface area contributed by atoms with E-state index in [-0.39, 0.29) is 0 Å². The normalized spacial score (nSPS) is 34.2. The Hall–Kier alpha value is -1.75. The number of fused-ring (bicyclic) bond motifs is 1. The molecule has 4 aliphatic rings. The molecule has 4 fully saturated rings. The first-order valence-electron chi connectivity index (χ1n) is 9.12. The smallest absolute Gasteiger partial charge is 0.0884 e. The van der Waals surface area contributed by atoms with E-state index in [9.17, 15) is 0 Å². The highest BCUT2D eigenvalue weighted by molar-refractivity contribution is 7.14. The molecule has 2 aromatic heterocycles. The van der Waals surface area contributed by atoms with Crippen LogP contribution in [0.3, 0.4) is 0 Å². The van der Waals surface area contributed by atoms with Crippen LogP contribution in [0.2, 0.25) is 0 Å². The van der Waals surface area contributed by atoms with Crippen LogP contribution in [0.15, 0.2) is 35.7 Å². The molecule has 0 saturated heterocycles. The zero-order chi connectivity index (χ0) is 15.7. The molecule has 0 spiro atoms. The summed E-state index contributed by atoms with van der Waals surface area (Å²) in [6.45, 7) is 0.